The second-order valence-corrected chi connectivity index (χ2v) is 5.89. The number of hydrogen-bond acceptors (Lipinski definition) is 3. The number of hydrogen-bond donors (Lipinski definition) is 1. The molecule has 0 aliphatic carbocycles. The van der Waals surface area contributed by atoms with E-state index in [-0.39, 0.29) is 36.4 Å². The topological polar surface area (TPSA) is 58.6 Å². The maximum atomic E-state index is 12.5. The number of anilines is 1. The van der Waals surface area contributed by atoms with Crippen LogP contribution in [0.25, 0.3) is 0 Å². The predicted molar refractivity (Wildman–Crippen MR) is 79.0 cm³/mol. The predicted octanol–water partition coefficient (Wildman–Crippen LogP) is 1.75. The molecule has 1 N–H and O–H groups in total. The molecular formula is C16H20N2O3. The Kier molecular flexibility index (Phi) is 3.68. The number of fused-ring (bicyclic) bond motifs is 1. The van der Waals surface area contributed by atoms with Crippen LogP contribution in [0.4, 0.5) is 5.69 Å². The molecule has 3 rings (SSSR count). The van der Waals surface area contributed by atoms with Crippen molar-refractivity contribution in [1.82, 2.24) is 4.90 Å². The van der Waals surface area contributed by atoms with Gasteiger partial charge in [0.25, 0.3) is 0 Å². The summed E-state index contributed by atoms with van der Waals surface area (Å²) in [6.45, 7) is 5.12. The summed E-state index contributed by atoms with van der Waals surface area (Å²) in [5.41, 5.74) is 1.74. The van der Waals surface area contributed by atoms with E-state index < -0.39 is 0 Å². The molecule has 1 saturated heterocycles. The SMILES string of the molecule is CC1CN(C(=O)CC2C(=O)Nc3ccccc32)CC(C)O1. The van der Waals surface area contributed by atoms with E-state index >= 15 is 0 Å². The van der Waals surface area contributed by atoms with Crippen LogP contribution in [0.15, 0.2) is 24.3 Å². The van der Waals surface area contributed by atoms with Crippen molar-refractivity contribution in [1.29, 1.82) is 0 Å². The molecule has 1 fully saturated rings. The van der Waals surface area contributed by atoms with Gasteiger partial charge in [-0.1, -0.05) is 18.2 Å². The summed E-state index contributed by atoms with van der Waals surface area (Å²) in [5, 5.41) is 2.84. The molecule has 0 aromatic heterocycles. The van der Waals surface area contributed by atoms with Gasteiger partial charge >= 0.3 is 0 Å². The van der Waals surface area contributed by atoms with Crippen LogP contribution in [0.5, 0.6) is 0 Å². The zero-order chi connectivity index (χ0) is 15.0. The maximum Gasteiger partial charge on any atom is 0.232 e. The molecule has 21 heavy (non-hydrogen) atoms. The van der Waals surface area contributed by atoms with Gasteiger partial charge < -0.3 is 15.0 Å². The first-order chi connectivity index (χ1) is 10.0. The average Bonchev–Trinajstić information content (AvgIpc) is 2.74. The number of nitrogens with zero attached hydrogens (tertiary/aromatic N) is 1. The van der Waals surface area contributed by atoms with E-state index in [0.29, 0.717) is 13.1 Å². The quantitative estimate of drug-likeness (QED) is 0.902. The lowest BCUT2D eigenvalue weighted by Crippen LogP contribution is -2.48. The van der Waals surface area contributed by atoms with Gasteiger partial charge in [-0.15, -0.1) is 0 Å². The van der Waals surface area contributed by atoms with E-state index in [1.54, 1.807) is 0 Å². The Morgan fingerprint density at radius 3 is 2.67 bits per heavy atom. The van der Waals surface area contributed by atoms with Gasteiger partial charge in [-0.05, 0) is 25.5 Å². The molecular weight excluding hydrogens is 268 g/mol. The fraction of sp³-hybridized carbons (Fsp3) is 0.500. The highest BCUT2D eigenvalue weighted by Gasteiger charge is 2.34. The van der Waals surface area contributed by atoms with Crippen LogP contribution in [-0.2, 0) is 14.3 Å². The average molecular weight is 288 g/mol. The lowest BCUT2D eigenvalue weighted by atomic mass is 9.96. The standard InChI is InChI=1S/C16H20N2O3/c1-10-8-18(9-11(2)21-10)15(19)7-13-12-5-3-4-6-14(12)17-16(13)20/h3-6,10-11,13H,7-9H2,1-2H3,(H,17,20). The minimum absolute atomic E-state index is 0.0221. The molecule has 1 aromatic carbocycles. The van der Waals surface area contributed by atoms with Crippen LogP contribution >= 0.6 is 0 Å². The summed E-state index contributed by atoms with van der Waals surface area (Å²) < 4.78 is 5.64. The second kappa shape index (κ2) is 5.48. The maximum absolute atomic E-state index is 12.5. The number of ether oxygens (including phenoxy) is 1. The smallest absolute Gasteiger partial charge is 0.232 e. The van der Waals surface area contributed by atoms with Crippen molar-refractivity contribution in [3.8, 4) is 0 Å². The Labute approximate surface area is 124 Å². The number of para-hydroxylation sites is 1. The number of rotatable bonds is 2. The zero-order valence-corrected chi connectivity index (χ0v) is 12.3. The summed E-state index contributed by atoms with van der Waals surface area (Å²) in [7, 11) is 0. The van der Waals surface area contributed by atoms with Gasteiger partial charge in [-0.25, -0.2) is 0 Å². The molecule has 0 radical (unpaired) electrons. The normalized spacial score (nSPS) is 28.2. The number of carbonyl (C=O) groups is 2. The molecule has 0 saturated carbocycles. The van der Waals surface area contributed by atoms with Crippen LogP contribution < -0.4 is 5.32 Å². The van der Waals surface area contributed by atoms with Gasteiger partial charge in [0.1, 0.15) is 0 Å². The molecule has 3 atom stereocenters. The fourth-order valence-corrected chi connectivity index (χ4v) is 3.16. The van der Waals surface area contributed by atoms with Crippen molar-refractivity contribution in [3.05, 3.63) is 29.8 Å². The Morgan fingerprint density at radius 1 is 1.29 bits per heavy atom. The number of carbonyl (C=O) groups excluding carboxylic acids is 2. The van der Waals surface area contributed by atoms with Gasteiger partial charge in [0.05, 0.1) is 18.1 Å². The molecule has 2 aliphatic heterocycles. The molecule has 0 bridgehead atoms. The van der Waals surface area contributed by atoms with Crippen molar-refractivity contribution in [2.45, 2.75) is 38.4 Å². The van der Waals surface area contributed by atoms with Crippen LogP contribution in [0.3, 0.4) is 0 Å². The van der Waals surface area contributed by atoms with Gasteiger partial charge in [-0.2, -0.15) is 0 Å². The van der Waals surface area contributed by atoms with E-state index in [1.807, 2.05) is 43.0 Å². The zero-order valence-electron chi connectivity index (χ0n) is 12.3. The van der Waals surface area contributed by atoms with Crippen LogP contribution in [0, 0.1) is 0 Å². The Morgan fingerprint density at radius 2 is 1.95 bits per heavy atom. The van der Waals surface area contributed by atoms with Crippen LogP contribution in [0.2, 0.25) is 0 Å². The monoisotopic (exact) mass is 288 g/mol. The largest absolute Gasteiger partial charge is 0.372 e. The van der Waals surface area contributed by atoms with Gasteiger partial charge in [0.15, 0.2) is 0 Å². The van der Waals surface area contributed by atoms with Crippen molar-refractivity contribution in [3.63, 3.8) is 0 Å². The fourth-order valence-electron chi connectivity index (χ4n) is 3.16. The van der Waals surface area contributed by atoms with Crippen molar-refractivity contribution < 1.29 is 14.3 Å². The number of benzene rings is 1. The third-order valence-corrected chi connectivity index (χ3v) is 4.06. The van der Waals surface area contributed by atoms with Crippen molar-refractivity contribution in [2.75, 3.05) is 18.4 Å². The van der Waals surface area contributed by atoms with Crippen LogP contribution in [-0.4, -0.2) is 42.0 Å². The van der Waals surface area contributed by atoms with Gasteiger partial charge in [0.2, 0.25) is 11.8 Å². The van der Waals surface area contributed by atoms with E-state index in [2.05, 4.69) is 5.32 Å². The third-order valence-electron chi connectivity index (χ3n) is 4.06. The van der Waals surface area contributed by atoms with Crippen LogP contribution in [0.1, 0.15) is 31.7 Å². The molecule has 0 spiro atoms. The van der Waals surface area contributed by atoms with Gasteiger partial charge in [-0.3, -0.25) is 9.59 Å². The molecule has 5 nitrogen and oxygen atoms in total. The number of amides is 2. The lowest BCUT2D eigenvalue weighted by Gasteiger charge is -2.35. The summed E-state index contributed by atoms with van der Waals surface area (Å²) in [5.74, 6) is -0.435. The molecule has 3 unspecified atom stereocenters. The highest BCUT2D eigenvalue weighted by molar-refractivity contribution is 6.04. The van der Waals surface area contributed by atoms with Gasteiger partial charge in [0, 0.05) is 25.2 Å². The number of morpholine rings is 1. The lowest BCUT2D eigenvalue weighted by molar-refractivity contribution is -0.144. The summed E-state index contributed by atoms with van der Waals surface area (Å²) >= 11 is 0. The Bertz CT molecular complexity index is 562. The summed E-state index contributed by atoms with van der Waals surface area (Å²) in [4.78, 5) is 26.4. The first kappa shape index (κ1) is 14.1. The van der Waals surface area contributed by atoms with E-state index in [0.717, 1.165) is 11.3 Å². The Hall–Kier alpha value is -1.88. The molecule has 1 aromatic rings. The molecule has 5 heteroatoms. The highest BCUT2D eigenvalue weighted by atomic mass is 16.5. The minimum Gasteiger partial charge on any atom is -0.372 e. The molecule has 112 valence electrons. The van der Waals surface area contributed by atoms with Crippen molar-refractivity contribution in [2.24, 2.45) is 0 Å². The Balaban J connectivity index is 1.72. The highest BCUT2D eigenvalue weighted by Crippen LogP contribution is 2.34. The number of nitrogens with one attached hydrogen (secondary N) is 1. The second-order valence-electron chi connectivity index (χ2n) is 5.89. The van der Waals surface area contributed by atoms with E-state index in [9.17, 15) is 9.59 Å². The summed E-state index contributed by atoms with van der Waals surface area (Å²) in [6.07, 6.45) is 0.312. The molecule has 2 aliphatic rings. The first-order valence-corrected chi connectivity index (χ1v) is 7.37. The summed E-state index contributed by atoms with van der Waals surface area (Å²) in [6, 6.07) is 7.57. The molecule has 2 heterocycles. The van der Waals surface area contributed by atoms with E-state index in [1.165, 1.54) is 0 Å². The first-order valence-electron chi connectivity index (χ1n) is 7.37. The minimum atomic E-state index is -0.373. The van der Waals surface area contributed by atoms with Crippen molar-refractivity contribution >= 4 is 17.5 Å². The third kappa shape index (κ3) is 2.78. The van der Waals surface area contributed by atoms with E-state index in [4.69, 9.17) is 4.74 Å². The molecule has 2 amide bonds.